The third kappa shape index (κ3) is 3.76. The first-order valence-corrected chi connectivity index (χ1v) is 9.93. The summed E-state index contributed by atoms with van der Waals surface area (Å²) in [5, 5.41) is 11.3. The summed E-state index contributed by atoms with van der Waals surface area (Å²) in [6, 6.07) is 14.4. The summed E-state index contributed by atoms with van der Waals surface area (Å²) in [6.07, 6.45) is 7.17. The monoisotopic (exact) mass is 386 g/mol. The second kappa shape index (κ2) is 7.50. The van der Waals surface area contributed by atoms with Crippen LogP contribution in [0.25, 0.3) is 16.7 Å². The highest BCUT2D eigenvalue weighted by Gasteiger charge is 2.20. The smallest absolute Gasteiger partial charge is 0.220 e. The van der Waals surface area contributed by atoms with Gasteiger partial charge >= 0.3 is 0 Å². The number of carbonyl (C=O) groups excluding carboxylic acids is 1. The fraction of sp³-hybridized carbons (Fsp3) is 0.273. The molecule has 2 aromatic carbocycles. The van der Waals surface area contributed by atoms with E-state index in [1.807, 2.05) is 24.4 Å². The summed E-state index contributed by atoms with van der Waals surface area (Å²) < 4.78 is 1.71. The number of nitrogens with one attached hydrogen (secondary N) is 2. The molecule has 2 aromatic heterocycles. The molecule has 1 unspecified atom stereocenters. The Labute approximate surface area is 168 Å². The molecule has 1 aliphatic rings. The van der Waals surface area contributed by atoms with Crippen LogP contribution in [0.3, 0.4) is 0 Å². The zero-order valence-electron chi connectivity index (χ0n) is 16.0. The molecular formula is C22H22N6O. The van der Waals surface area contributed by atoms with E-state index >= 15 is 0 Å². The first-order chi connectivity index (χ1) is 14.2. The van der Waals surface area contributed by atoms with Crippen molar-refractivity contribution in [2.75, 3.05) is 0 Å². The van der Waals surface area contributed by atoms with E-state index in [0.29, 0.717) is 18.9 Å². The molecule has 29 heavy (non-hydrogen) atoms. The topological polar surface area (TPSA) is 88.5 Å². The van der Waals surface area contributed by atoms with E-state index in [2.05, 4.69) is 49.9 Å². The second-order valence-electron chi connectivity index (χ2n) is 7.62. The highest BCUT2D eigenvalue weighted by molar-refractivity contribution is 5.77. The molecule has 2 heterocycles. The van der Waals surface area contributed by atoms with Crippen LogP contribution < -0.4 is 5.32 Å². The standard InChI is InChI=1S/C22H22N6O/c29-22(10-15-5-6-16-3-1-2-4-17(16)9-15)23-12-18-13-28(27-26-18)19-7-8-20-21(11-19)25-14-24-20/h1-4,7-8,11,13-15H,5-6,9-10,12H2,(H,23,29)(H,24,25). The van der Waals surface area contributed by atoms with Crippen LogP contribution in [0.2, 0.25) is 0 Å². The number of rotatable bonds is 5. The van der Waals surface area contributed by atoms with E-state index in [0.717, 1.165) is 41.7 Å². The molecule has 5 rings (SSSR count). The predicted molar refractivity (Wildman–Crippen MR) is 109 cm³/mol. The van der Waals surface area contributed by atoms with Gasteiger partial charge in [-0.25, -0.2) is 9.67 Å². The maximum Gasteiger partial charge on any atom is 0.220 e. The van der Waals surface area contributed by atoms with Crippen LogP contribution in [-0.2, 0) is 24.2 Å². The van der Waals surface area contributed by atoms with Crippen LogP contribution in [-0.4, -0.2) is 30.9 Å². The summed E-state index contributed by atoms with van der Waals surface area (Å²) in [5.41, 5.74) is 6.29. The van der Waals surface area contributed by atoms with E-state index < -0.39 is 0 Å². The van der Waals surface area contributed by atoms with Gasteiger partial charge in [0.15, 0.2) is 0 Å². The Morgan fingerprint density at radius 3 is 3.03 bits per heavy atom. The first-order valence-electron chi connectivity index (χ1n) is 9.93. The van der Waals surface area contributed by atoms with Crippen molar-refractivity contribution in [1.29, 1.82) is 0 Å². The Bertz CT molecular complexity index is 1160. The van der Waals surface area contributed by atoms with Crippen molar-refractivity contribution in [3.8, 4) is 5.69 Å². The maximum atomic E-state index is 12.4. The van der Waals surface area contributed by atoms with E-state index in [-0.39, 0.29) is 5.91 Å². The van der Waals surface area contributed by atoms with Gasteiger partial charge in [-0.15, -0.1) is 5.10 Å². The average Bonchev–Trinajstić information content (AvgIpc) is 3.41. The predicted octanol–water partition coefficient (Wildman–Crippen LogP) is 2.96. The van der Waals surface area contributed by atoms with Gasteiger partial charge in [-0.3, -0.25) is 4.79 Å². The van der Waals surface area contributed by atoms with Crippen molar-refractivity contribution >= 4 is 16.9 Å². The summed E-state index contributed by atoms with van der Waals surface area (Å²) in [7, 11) is 0. The molecule has 1 atom stereocenters. The van der Waals surface area contributed by atoms with E-state index in [9.17, 15) is 4.79 Å². The summed E-state index contributed by atoms with van der Waals surface area (Å²) in [6.45, 7) is 0.383. The molecule has 1 aliphatic carbocycles. The molecule has 0 bridgehead atoms. The highest BCUT2D eigenvalue weighted by atomic mass is 16.1. The highest BCUT2D eigenvalue weighted by Crippen LogP contribution is 2.27. The van der Waals surface area contributed by atoms with Gasteiger partial charge in [0.25, 0.3) is 0 Å². The fourth-order valence-corrected chi connectivity index (χ4v) is 4.04. The number of hydrogen-bond acceptors (Lipinski definition) is 4. The number of aromatic nitrogens is 5. The molecule has 0 radical (unpaired) electrons. The molecule has 0 fully saturated rings. The lowest BCUT2D eigenvalue weighted by Gasteiger charge is -2.24. The summed E-state index contributed by atoms with van der Waals surface area (Å²) in [4.78, 5) is 19.7. The lowest BCUT2D eigenvalue weighted by molar-refractivity contribution is -0.122. The van der Waals surface area contributed by atoms with Gasteiger partial charge in [0.1, 0.15) is 5.69 Å². The van der Waals surface area contributed by atoms with Crippen molar-refractivity contribution in [3.63, 3.8) is 0 Å². The number of nitrogens with zero attached hydrogens (tertiary/aromatic N) is 4. The minimum Gasteiger partial charge on any atom is -0.350 e. The quantitative estimate of drug-likeness (QED) is 0.552. The minimum atomic E-state index is 0.0720. The number of carbonyl (C=O) groups is 1. The van der Waals surface area contributed by atoms with Crippen molar-refractivity contribution in [3.05, 3.63) is 71.8 Å². The number of benzene rings is 2. The van der Waals surface area contributed by atoms with Gasteiger partial charge in [0.2, 0.25) is 5.91 Å². The van der Waals surface area contributed by atoms with Crippen molar-refractivity contribution in [2.24, 2.45) is 5.92 Å². The molecule has 7 nitrogen and oxygen atoms in total. The molecule has 0 saturated heterocycles. The Kier molecular flexibility index (Phi) is 4.56. The van der Waals surface area contributed by atoms with Crippen molar-refractivity contribution < 1.29 is 4.79 Å². The first kappa shape index (κ1) is 17.6. The van der Waals surface area contributed by atoms with E-state index in [1.165, 1.54) is 11.1 Å². The van der Waals surface area contributed by atoms with Gasteiger partial charge in [-0.2, -0.15) is 0 Å². The van der Waals surface area contributed by atoms with Crippen LogP contribution in [0, 0.1) is 5.92 Å². The van der Waals surface area contributed by atoms with Gasteiger partial charge in [0, 0.05) is 6.42 Å². The molecule has 0 spiro atoms. The Morgan fingerprint density at radius 1 is 1.21 bits per heavy atom. The molecule has 4 aromatic rings. The molecular weight excluding hydrogens is 364 g/mol. The Morgan fingerprint density at radius 2 is 2.10 bits per heavy atom. The normalized spacial score (nSPS) is 15.9. The minimum absolute atomic E-state index is 0.0720. The van der Waals surface area contributed by atoms with Gasteiger partial charge in [-0.1, -0.05) is 29.5 Å². The summed E-state index contributed by atoms with van der Waals surface area (Å²) in [5.74, 6) is 0.476. The number of fused-ring (bicyclic) bond motifs is 2. The SMILES string of the molecule is O=C(CC1CCc2ccccc2C1)NCc1cn(-c2ccc3nc[nH]c3c2)nn1. The van der Waals surface area contributed by atoms with E-state index in [1.54, 1.807) is 11.0 Å². The lowest BCUT2D eigenvalue weighted by Crippen LogP contribution is -2.27. The van der Waals surface area contributed by atoms with Gasteiger partial charge in [0.05, 0.1) is 35.8 Å². The maximum absolute atomic E-state index is 12.4. The number of H-pyrrole nitrogens is 1. The van der Waals surface area contributed by atoms with Crippen molar-refractivity contribution in [1.82, 2.24) is 30.3 Å². The molecule has 0 aliphatic heterocycles. The molecule has 146 valence electrons. The lowest BCUT2D eigenvalue weighted by atomic mass is 9.82. The number of aryl methyl sites for hydroxylation is 1. The van der Waals surface area contributed by atoms with Crippen LogP contribution in [0.5, 0.6) is 0 Å². The summed E-state index contributed by atoms with van der Waals surface area (Å²) >= 11 is 0. The molecule has 2 N–H and O–H groups in total. The molecule has 1 amide bonds. The number of amides is 1. The molecule has 0 saturated carbocycles. The van der Waals surface area contributed by atoms with Crippen LogP contribution in [0.1, 0.15) is 29.7 Å². The van der Waals surface area contributed by atoms with Crippen LogP contribution in [0.4, 0.5) is 0 Å². The Hall–Kier alpha value is -3.48. The van der Waals surface area contributed by atoms with Gasteiger partial charge in [-0.05, 0) is 54.5 Å². The van der Waals surface area contributed by atoms with Crippen LogP contribution >= 0.6 is 0 Å². The number of aromatic amines is 1. The van der Waals surface area contributed by atoms with Crippen LogP contribution in [0.15, 0.2) is 55.0 Å². The van der Waals surface area contributed by atoms with E-state index in [4.69, 9.17) is 0 Å². The largest absolute Gasteiger partial charge is 0.350 e. The van der Waals surface area contributed by atoms with Crippen molar-refractivity contribution in [2.45, 2.75) is 32.2 Å². The second-order valence-corrected chi connectivity index (χ2v) is 7.62. The number of hydrogen-bond donors (Lipinski definition) is 2. The average molecular weight is 386 g/mol. The third-order valence-electron chi connectivity index (χ3n) is 5.60. The third-order valence-corrected chi connectivity index (χ3v) is 5.60. The van der Waals surface area contributed by atoms with Gasteiger partial charge < -0.3 is 10.3 Å². The molecule has 7 heteroatoms. The number of imidazole rings is 1. The zero-order chi connectivity index (χ0) is 19.6. The zero-order valence-corrected chi connectivity index (χ0v) is 16.0. The Balaban J connectivity index is 1.17. The fourth-order valence-electron chi connectivity index (χ4n) is 4.04.